The first kappa shape index (κ1) is 15.1. The normalized spacial score (nSPS) is 27.6. The minimum absolute atomic E-state index is 0.0212. The summed E-state index contributed by atoms with van der Waals surface area (Å²) in [5, 5.41) is 9.12. The van der Waals surface area contributed by atoms with Crippen molar-refractivity contribution in [2.45, 2.75) is 19.8 Å². The van der Waals surface area contributed by atoms with Gasteiger partial charge in [-0.15, -0.1) is 0 Å². The van der Waals surface area contributed by atoms with Crippen LogP contribution in [0.4, 0.5) is 4.79 Å². The van der Waals surface area contributed by atoms with Gasteiger partial charge in [0.1, 0.15) is 0 Å². The Hall–Kier alpha value is -1.30. The molecule has 2 rings (SSSR count). The Morgan fingerprint density at radius 1 is 1.30 bits per heavy atom. The van der Waals surface area contributed by atoms with Crippen molar-refractivity contribution in [2.24, 2.45) is 17.8 Å². The number of carbonyl (C=O) groups is 2. The molecule has 0 radical (unpaired) electrons. The van der Waals surface area contributed by atoms with E-state index in [0.29, 0.717) is 19.0 Å². The number of hydrogen-bond donors (Lipinski definition) is 1. The summed E-state index contributed by atoms with van der Waals surface area (Å²) in [6.07, 6.45) is 1.98. The molecule has 0 aromatic rings. The molecule has 2 fully saturated rings. The predicted molar refractivity (Wildman–Crippen MR) is 73.4 cm³/mol. The largest absolute Gasteiger partial charge is 0.481 e. The lowest BCUT2D eigenvalue weighted by atomic mass is 9.99. The third kappa shape index (κ3) is 3.42. The van der Waals surface area contributed by atoms with Gasteiger partial charge in [-0.3, -0.25) is 4.79 Å². The number of carboxylic acid groups (broad SMARTS) is 1. The van der Waals surface area contributed by atoms with Crippen LogP contribution in [0.3, 0.4) is 0 Å². The molecule has 2 saturated heterocycles. The molecule has 0 saturated carbocycles. The average molecular weight is 284 g/mol. The van der Waals surface area contributed by atoms with Crippen molar-refractivity contribution in [3.8, 4) is 0 Å². The molecule has 0 aromatic carbocycles. The number of rotatable bonds is 3. The molecule has 2 amide bonds. The molecule has 114 valence electrons. The molecular formula is C14H24N2O4. The lowest BCUT2D eigenvalue weighted by Gasteiger charge is -2.30. The molecule has 2 aliphatic rings. The molecule has 6 nitrogen and oxygen atoms in total. The van der Waals surface area contributed by atoms with Gasteiger partial charge in [0.25, 0.3) is 0 Å². The molecule has 2 aliphatic heterocycles. The fraction of sp³-hybridized carbons (Fsp3) is 0.857. The van der Waals surface area contributed by atoms with Crippen LogP contribution in [0.1, 0.15) is 19.8 Å². The lowest BCUT2D eigenvalue weighted by Crippen LogP contribution is -2.43. The minimum atomic E-state index is -0.806. The second kappa shape index (κ2) is 6.43. The van der Waals surface area contributed by atoms with E-state index >= 15 is 0 Å². The number of carbonyl (C=O) groups excluding carboxylic acids is 1. The van der Waals surface area contributed by atoms with Gasteiger partial charge in [0.15, 0.2) is 0 Å². The smallest absolute Gasteiger partial charge is 0.319 e. The van der Waals surface area contributed by atoms with Crippen LogP contribution in [0.25, 0.3) is 0 Å². The van der Waals surface area contributed by atoms with Crippen molar-refractivity contribution in [3.63, 3.8) is 0 Å². The topological polar surface area (TPSA) is 70.1 Å². The first-order valence-corrected chi connectivity index (χ1v) is 7.29. The second-order valence-corrected chi connectivity index (χ2v) is 6.05. The van der Waals surface area contributed by atoms with E-state index in [1.165, 1.54) is 0 Å². The summed E-state index contributed by atoms with van der Waals surface area (Å²) >= 11 is 0. The van der Waals surface area contributed by atoms with Crippen LogP contribution in [0, 0.1) is 17.8 Å². The Morgan fingerprint density at radius 2 is 1.95 bits per heavy atom. The van der Waals surface area contributed by atoms with Crippen LogP contribution in [0.2, 0.25) is 0 Å². The van der Waals surface area contributed by atoms with Gasteiger partial charge in [0.2, 0.25) is 0 Å². The summed E-state index contributed by atoms with van der Waals surface area (Å²) in [5.74, 6) is -0.726. The first-order chi connectivity index (χ1) is 9.49. The van der Waals surface area contributed by atoms with E-state index in [0.717, 1.165) is 32.6 Å². The highest BCUT2D eigenvalue weighted by Gasteiger charge is 2.38. The van der Waals surface area contributed by atoms with Crippen molar-refractivity contribution in [3.05, 3.63) is 0 Å². The summed E-state index contributed by atoms with van der Waals surface area (Å²) in [6.45, 7) is 5.03. The zero-order chi connectivity index (χ0) is 14.7. The molecule has 20 heavy (non-hydrogen) atoms. The molecule has 6 heteroatoms. The predicted octanol–water partition coefficient (Wildman–Crippen LogP) is 1.12. The number of nitrogens with zero attached hydrogens (tertiary/aromatic N) is 2. The fourth-order valence-electron chi connectivity index (χ4n) is 3.08. The van der Waals surface area contributed by atoms with Crippen LogP contribution in [-0.4, -0.2) is 66.8 Å². The Kier molecular flexibility index (Phi) is 4.86. The maximum Gasteiger partial charge on any atom is 0.319 e. The first-order valence-electron chi connectivity index (χ1n) is 7.29. The standard InChI is InChI=1S/C14H24N2O4/c1-10-7-16(9-12(10)13(17)18)14(19)15(2)8-11-3-5-20-6-4-11/h10-12H,3-9H2,1-2H3,(H,17,18). The molecule has 2 atom stereocenters. The number of amides is 2. The number of hydrogen-bond acceptors (Lipinski definition) is 3. The zero-order valence-corrected chi connectivity index (χ0v) is 12.2. The van der Waals surface area contributed by atoms with Crippen LogP contribution in [-0.2, 0) is 9.53 Å². The van der Waals surface area contributed by atoms with E-state index in [1.807, 2.05) is 6.92 Å². The number of ether oxygens (including phenoxy) is 1. The molecule has 2 unspecified atom stereocenters. The van der Waals surface area contributed by atoms with Gasteiger partial charge in [-0.2, -0.15) is 0 Å². The highest BCUT2D eigenvalue weighted by molar-refractivity contribution is 5.77. The van der Waals surface area contributed by atoms with Crippen LogP contribution in [0.15, 0.2) is 0 Å². The second-order valence-electron chi connectivity index (χ2n) is 6.05. The Bertz CT molecular complexity index is 368. The Labute approximate surface area is 119 Å². The van der Waals surface area contributed by atoms with E-state index in [-0.39, 0.29) is 11.9 Å². The van der Waals surface area contributed by atoms with Crippen molar-refractivity contribution in [1.82, 2.24) is 9.80 Å². The van der Waals surface area contributed by atoms with E-state index in [1.54, 1.807) is 16.8 Å². The van der Waals surface area contributed by atoms with Crippen molar-refractivity contribution in [1.29, 1.82) is 0 Å². The summed E-state index contributed by atoms with van der Waals surface area (Å²) in [5.41, 5.74) is 0. The van der Waals surface area contributed by atoms with Gasteiger partial charge in [-0.25, -0.2) is 4.79 Å². The number of urea groups is 1. The molecule has 1 N–H and O–H groups in total. The van der Waals surface area contributed by atoms with Gasteiger partial charge in [0, 0.05) is 39.9 Å². The highest BCUT2D eigenvalue weighted by Crippen LogP contribution is 2.24. The number of likely N-dealkylation sites (tertiary alicyclic amines) is 1. The fourth-order valence-corrected chi connectivity index (χ4v) is 3.08. The highest BCUT2D eigenvalue weighted by atomic mass is 16.5. The van der Waals surface area contributed by atoms with Crippen molar-refractivity contribution < 1.29 is 19.4 Å². The molecule has 0 bridgehead atoms. The third-order valence-corrected chi connectivity index (χ3v) is 4.40. The van der Waals surface area contributed by atoms with Gasteiger partial charge in [0.05, 0.1) is 5.92 Å². The number of aliphatic carboxylic acids is 1. The molecular weight excluding hydrogens is 260 g/mol. The maximum atomic E-state index is 12.4. The molecule has 0 aromatic heterocycles. The van der Waals surface area contributed by atoms with Gasteiger partial charge < -0.3 is 19.6 Å². The third-order valence-electron chi connectivity index (χ3n) is 4.40. The van der Waals surface area contributed by atoms with Crippen LogP contribution in [0.5, 0.6) is 0 Å². The summed E-state index contributed by atoms with van der Waals surface area (Å²) in [4.78, 5) is 26.9. The molecule has 2 heterocycles. The van der Waals surface area contributed by atoms with E-state index < -0.39 is 11.9 Å². The average Bonchev–Trinajstić information content (AvgIpc) is 2.81. The molecule has 0 aliphatic carbocycles. The molecule has 0 spiro atoms. The van der Waals surface area contributed by atoms with E-state index in [4.69, 9.17) is 9.84 Å². The Morgan fingerprint density at radius 3 is 2.50 bits per heavy atom. The van der Waals surface area contributed by atoms with Gasteiger partial charge in [-0.1, -0.05) is 6.92 Å². The van der Waals surface area contributed by atoms with Gasteiger partial charge in [-0.05, 0) is 24.7 Å². The van der Waals surface area contributed by atoms with E-state index in [2.05, 4.69) is 0 Å². The van der Waals surface area contributed by atoms with Crippen LogP contribution >= 0.6 is 0 Å². The van der Waals surface area contributed by atoms with Crippen molar-refractivity contribution in [2.75, 3.05) is 39.9 Å². The maximum absolute atomic E-state index is 12.4. The summed E-state index contributed by atoms with van der Waals surface area (Å²) in [6, 6.07) is -0.0490. The van der Waals surface area contributed by atoms with Crippen molar-refractivity contribution >= 4 is 12.0 Å². The summed E-state index contributed by atoms with van der Waals surface area (Å²) < 4.78 is 5.32. The number of carboxylic acids is 1. The minimum Gasteiger partial charge on any atom is -0.481 e. The zero-order valence-electron chi connectivity index (χ0n) is 12.2. The Balaban J connectivity index is 1.85. The monoisotopic (exact) mass is 284 g/mol. The quantitative estimate of drug-likeness (QED) is 0.843. The SMILES string of the molecule is CC1CN(C(=O)N(C)CC2CCOCC2)CC1C(=O)O. The van der Waals surface area contributed by atoms with E-state index in [9.17, 15) is 9.59 Å². The summed E-state index contributed by atoms with van der Waals surface area (Å²) in [7, 11) is 1.80. The van der Waals surface area contributed by atoms with Crippen LogP contribution < -0.4 is 0 Å². The van der Waals surface area contributed by atoms with Gasteiger partial charge >= 0.3 is 12.0 Å². The lowest BCUT2D eigenvalue weighted by molar-refractivity contribution is -0.142.